The van der Waals surface area contributed by atoms with Gasteiger partial charge in [-0.3, -0.25) is 0 Å². The zero-order chi connectivity index (χ0) is 23.7. The van der Waals surface area contributed by atoms with Crippen LogP contribution in [0.3, 0.4) is 0 Å². The summed E-state index contributed by atoms with van der Waals surface area (Å²) in [6.07, 6.45) is 2.09. The van der Waals surface area contributed by atoms with Crippen molar-refractivity contribution in [1.82, 2.24) is 4.98 Å². The predicted octanol–water partition coefficient (Wildman–Crippen LogP) is 6.39. The maximum absolute atomic E-state index is 5.44. The fourth-order valence-electron chi connectivity index (χ4n) is 4.40. The zero-order valence-corrected chi connectivity index (χ0v) is 19.9. The average molecular weight is 448 g/mol. The molecule has 0 unspecified atom stereocenters. The second kappa shape index (κ2) is 8.99. The molecule has 0 amide bonds. The van der Waals surface area contributed by atoms with Gasteiger partial charge >= 0.3 is 0 Å². The highest BCUT2D eigenvalue weighted by atomic mass is 16.5. The molecular weight excluding hydrogens is 420 g/mol. The Morgan fingerprint density at radius 3 is 2.09 bits per heavy atom. The van der Waals surface area contributed by atoms with Crippen molar-refractivity contribution < 1.29 is 14.0 Å². The van der Waals surface area contributed by atoms with Crippen molar-refractivity contribution in [2.45, 2.75) is 6.92 Å². The van der Waals surface area contributed by atoms with Crippen molar-refractivity contribution in [2.75, 3.05) is 14.2 Å². The molecule has 4 nitrogen and oxygen atoms in total. The van der Waals surface area contributed by atoms with Crippen molar-refractivity contribution in [2.24, 2.45) is 7.05 Å². The van der Waals surface area contributed by atoms with E-state index in [4.69, 9.17) is 14.5 Å². The van der Waals surface area contributed by atoms with Crippen LogP contribution < -0.4 is 14.0 Å². The van der Waals surface area contributed by atoms with Gasteiger partial charge in [-0.05, 0) is 71.8 Å². The van der Waals surface area contributed by atoms with Crippen molar-refractivity contribution in [1.29, 1.82) is 0 Å². The summed E-state index contributed by atoms with van der Waals surface area (Å²) in [4.78, 5) is 5.20. The van der Waals surface area contributed by atoms with Crippen LogP contribution in [-0.2, 0) is 7.05 Å². The lowest BCUT2D eigenvalue weighted by Crippen LogP contribution is -2.32. The number of methoxy groups -OCH3 is 2. The third-order valence-corrected chi connectivity index (χ3v) is 6.22. The SMILES string of the molecule is COc1ccc(-c2c[n+](C)c(-c3ccc(OC)cc3C)c(-c3ccc4ccccc4c3)n2)cc1. The van der Waals surface area contributed by atoms with E-state index in [0.717, 1.165) is 50.8 Å². The fourth-order valence-corrected chi connectivity index (χ4v) is 4.40. The van der Waals surface area contributed by atoms with Crippen molar-refractivity contribution >= 4 is 10.8 Å². The van der Waals surface area contributed by atoms with Gasteiger partial charge in [0.2, 0.25) is 5.69 Å². The van der Waals surface area contributed by atoms with E-state index in [-0.39, 0.29) is 0 Å². The standard InChI is InChI=1S/C30H27N2O2/c1-20-17-26(34-4)15-16-27(20)30-29(24-10-9-21-7-5-6-8-23(21)18-24)31-28(19-32(30)2)22-11-13-25(33-3)14-12-22/h5-19H,1-4H3/q+1. The maximum atomic E-state index is 5.44. The molecule has 4 aromatic carbocycles. The van der Waals surface area contributed by atoms with Crippen LogP contribution in [-0.4, -0.2) is 19.2 Å². The molecule has 0 bridgehead atoms. The molecule has 1 aromatic heterocycles. The van der Waals surface area contributed by atoms with Gasteiger partial charge in [-0.15, -0.1) is 0 Å². The van der Waals surface area contributed by atoms with Crippen LogP contribution in [0.4, 0.5) is 0 Å². The first-order valence-electron chi connectivity index (χ1n) is 11.3. The summed E-state index contributed by atoms with van der Waals surface area (Å²) in [7, 11) is 5.45. The minimum absolute atomic E-state index is 0.827. The van der Waals surface area contributed by atoms with E-state index < -0.39 is 0 Å². The molecule has 34 heavy (non-hydrogen) atoms. The molecule has 0 aliphatic carbocycles. The molecule has 5 rings (SSSR count). The summed E-state index contributed by atoms with van der Waals surface area (Å²) >= 11 is 0. The molecule has 0 saturated heterocycles. The average Bonchev–Trinajstić information content (AvgIpc) is 2.88. The van der Waals surface area contributed by atoms with Crippen LogP contribution in [0.15, 0.2) is 91.1 Å². The molecule has 1 heterocycles. The Morgan fingerprint density at radius 2 is 1.38 bits per heavy atom. The molecule has 4 heteroatoms. The number of benzene rings is 4. The molecule has 168 valence electrons. The first-order chi connectivity index (χ1) is 16.6. The fraction of sp³-hybridized carbons (Fsp3) is 0.133. The molecular formula is C30H27N2O2+. The van der Waals surface area contributed by atoms with Gasteiger partial charge in [0.15, 0.2) is 6.20 Å². The normalized spacial score (nSPS) is 10.9. The number of rotatable bonds is 5. The van der Waals surface area contributed by atoms with Gasteiger partial charge in [-0.25, -0.2) is 4.98 Å². The smallest absolute Gasteiger partial charge is 0.239 e. The third-order valence-electron chi connectivity index (χ3n) is 6.22. The largest absolute Gasteiger partial charge is 0.497 e. The Kier molecular flexibility index (Phi) is 5.72. The summed E-state index contributed by atoms with van der Waals surface area (Å²) in [5, 5.41) is 2.40. The number of aromatic nitrogens is 2. The van der Waals surface area contributed by atoms with Gasteiger partial charge in [-0.2, -0.15) is 4.57 Å². The van der Waals surface area contributed by atoms with Crippen molar-refractivity contribution in [3.05, 3.63) is 96.7 Å². The van der Waals surface area contributed by atoms with Crippen LogP contribution in [0.25, 0.3) is 44.5 Å². The molecule has 0 atom stereocenters. The van der Waals surface area contributed by atoms with E-state index in [1.54, 1.807) is 14.2 Å². The van der Waals surface area contributed by atoms with Crippen LogP contribution in [0.2, 0.25) is 0 Å². The first kappa shape index (κ1) is 21.7. The predicted molar refractivity (Wildman–Crippen MR) is 137 cm³/mol. The molecule has 0 saturated carbocycles. The van der Waals surface area contributed by atoms with E-state index in [1.807, 2.05) is 30.3 Å². The van der Waals surface area contributed by atoms with Gasteiger partial charge in [0.1, 0.15) is 29.9 Å². The second-order valence-corrected chi connectivity index (χ2v) is 8.41. The van der Waals surface area contributed by atoms with Gasteiger partial charge in [0, 0.05) is 11.1 Å². The second-order valence-electron chi connectivity index (χ2n) is 8.41. The topological polar surface area (TPSA) is 35.2 Å². The van der Waals surface area contributed by atoms with Crippen LogP contribution in [0.5, 0.6) is 11.5 Å². The molecule has 0 N–H and O–H groups in total. The lowest BCUT2D eigenvalue weighted by molar-refractivity contribution is -0.659. The molecule has 5 aromatic rings. The Hall–Kier alpha value is -4.18. The quantitative estimate of drug-likeness (QED) is 0.293. The lowest BCUT2D eigenvalue weighted by Gasteiger charge is -2.13. The summed E-state index contributed by atoms with van der Waals surface area (Å²) in [5.41, 5.74) is 7.29. The first-order valence-corrected chi connectivity index (χ1v) is 11.3. The Morgan fingerprint density at radius 1 is 0.706 bits per heavy atom. The third kappa shape index (κ3) is 3.99. The Bertz CT molecular complexity index is 1490. The molecule has 0 aliphatic rings. The number of hydrogen-bond donors (Lipinski definition) is 0. The number of nitrogens with zero attached hydrogens (tertiary/aromatic N) is 2. The minimum atomic E-state index is 0.827. The molecule has 0 spiro atoms. The lowest BCUT2D eigenvalue weighted by atomic mass is 9.97. The molecule has 0 fully saturated rings. The summed E-state index contributed by atoms with van der Waals surface area (Å²) < 4.78 is 13.0. The van der Waals surface area contributed by atoms with E-state index in [2.05, 4.69) is 79.3 Å². The monoisotopic (exact) mass is 447 g/mol. The van der Waals surface area contributed by atoms with Crippen molar-refractivity contribution in [3.8, 4) is 45.3 Å². The van der Waals surface area contributed by atoms with Gasteiger partial charge < -0.3 is 9.47 Å². The summed E-state index contributed by atoms with van der Waals surface area (Å²) in [6, 6.07) is 29.2. The summed E-state index contributed by atoms with van der Waals surface area (Å²) in [5.74, 6) is 1.67. The Balaban J connectivity index is 1.76. The number of hydrogen-bond acceptors (Lipinski definition) is 3. The number of aryl methyl sites for hydroxylation is 2. The van der Waals surface area contributed by atoms with E-state index in [1.165, 1.54) is 10.8 Å². The van der Waals surface area contributed by atoms with Crippen LogP contribution >= 0.6 is 0 Å². The van der Waals surface area contributed by atoms with Gasteiger partial charge in [0.25, 0.3) is 0 Å². The van der Waals surface area contributed by atoms with E-state index in [9.17, 15) is 0 Å². The summed E-state index contributed by atoms with van der Waals surface area (Å²) in [6.45, 7) is 2.11. The van der Waals surface area contributed by atoms with E-state index in [0.29, 0.717) is 0 Å². The highest BCUT2D eigenvalue weighted by Gasteiger charge is 2.24. The van der Waals surface area contributed by atoms with Gasteiger partial charge in [-0.1, -0.05) is 36.4 Å². The molecule has 0 aliphatic heterocycles. The van der Waals surface area contributed by atoms with E-state index >= 15 is 0 Å². The molecule has 0 radical (unpaired) electrons. The number of ether oxygens (including phenoxy) is 2. The minimum Gasteiger partial charge on any atom is -0.497 e. The maximum Gasteiger partial charge on any atom is 0.239 e. The zero-order valence-electron chi connectivity index (χ0n) is 19.9. The van der Waals surface area contributed by atoms with Crippen molar-refractivity contribution in [3.63, 3.8) is 0 Å². The number of fused-ring (bicyclic) bond motifs is 1. The Labute approximate surface area is 200 Å². The van der Waals surface area contributed by atoms with Crippen LogP contribution in [0, 0.1) is 6.92 Å². The van der Waals surface area contributed by atoms with Crippen LogP contribution in [0.1, 0.15) is 5.56 Å². The highest BCUT2D eigenvalue weighted by molar-refractivity contribution is 5.89. The van der Waals surface area contributed by atoms with Gasteiger partial charge in [0.05, 0.1) is 19.8 Å². The highest BCUT2D eigenvalue weighted by Crippen LogP contribution is 2.34.